The summed E-state index contributed by atoms with van der Waals surface area (Å²) >= 11 is 0. The Morgan fingerprint density at radius 3 is 2.12 bits per heavy atom. The quantitative estimate of drug-likeness (QED) is 0.781. The summed E-state index contributed by atoms with van der Waals surface area (Å²) in [5, 5.41) is 0. The maximum Gasteiger partial charge on any atom is 0.0135 e. The monoisotopic (exact) mass is 224 g/mol. The molecule has 2 aliphatic rings. The lowest BCUT2D eigenvalue weighted by molar-refractivity contribution is 0.0981. The molecule has 0 aromatic heterocycles. The Labute approximate surface area is 101 Å². The number of hydrogen-bond acceptors (Lipinski definition) is 2. The lowest BCUT2D eigenvalue weighted by atomic mass is 9.83. The van der Waals surface area contributed by atoms with Crippen LogP contribution < -0.4 is 5.73 Å². The van der Waals surface area contributed by atoms with Gasteiger partial charge in [-0.2, -0.15) is 0 Å². The largest absolute Gasteiger partial charge is 0.330 e. The van der Waals surface area contributed by atoms with E-state index < -0.39 is 0 Å². The maximum atomic E-state index is 5.94. The highest BCUT2D eigenvalue weighted by Gasteiger charge is 2.28. The molecule has 0 aromatic carbocycles. The van der Waals surface area contributed by atoms with Crippen LogP contribution in [0.5, 0.6) is 0 Å². The molecular formula is C14H28N2. The Kier molecular flexibility index (Phi) is 5.11. The maximum absolute atomic E-state index is 5.94. The zero-order chi connectivity index (χ0) is 11.2. The Morgan fingerprint density at radius 2 is 1.44 bits per heavy atom. The highest BCUT2D eigenvalue weighted by molar-refractivity contribution is 4.84. The first kappa shape index (κ1) is 12.4. The van der Waals surface area contributed by atoms with Crippen LogP contribution in [-0.4, -0.2) is 30.6 Å². The number of rotatable bonds is 2. The number of hydrogen-bond donors (Lipinski definition) is 1. The second-order valence-electron chi connectivity index (χ2n) is 5.65. The average Bonchev–Trinajstić information content (AvgIpc) is 2.29. The van der Waals surface area contributed by atoms with Gasteiger partial charge in [-0.3, -0.25) is 0 Å². The van der Waals surface area contributed by atoms with Crippen LogP contribution in [0.3, 0.4) is 0 Å². The van der Waals surface area contributed by atoms with Gasteiger partial charge in [-0.25, -0.2) is 0 Å². The van der Waals surface area contributed by atoms with Crippen molar-refractivity contribution in [2.75, 3.05) is 19.6 Å². The van der Waals surface area contributed by atoms with Gasteiger partial charge in [-0.1, -0.05) is 32.1 Å². The van der Waals surface area contributed by atoms with Crippen molar-refractivity contribution in [1.29, 1.82) is 0 Å². The van der Waals surface area contributed by atoms with Gasteiger partial charge >= 0.3 is 0 Å². The smallest absolute Gasteiger partial charge is 0.0135 e. The van der Waals surface area contributed by atoms with Crippen LogP contribution in [0.2, 0.25) is 0 Å². The molecule has 1 aliphatic heterocycles. The van der Waals surface area contributed by atoms with Gasteiger partial charge in [0, 0.05) is 6.04 Å². The number of likely N-dealkylation sites (tertiary alicyclic amines) is 1. The van der Waals surface area contributed by atoms with Crippen molar-refractivity contribution >= 4 is 0 Å². The van der Waals surface area contributed by atoms with E-state index in [2.05, 4.69) is 4.90 Å². The van der Waals surface area contributed by atoms with Crippen molar-refractivity contribution in [3.8, 4) is 0 Å². The molecule has 2 unspecified atom stereocenters. The standard InChI is InChI=1S/C14H28N2/c15-12-13-8-4-5-9-14(13)16-10-6-2-1-3-7-11-16/h13-14H,1-12,15H2. The average molecular weight is 224 g/mol. The van der Waals surface area contributed by atoms with E-state index in [1.165, 1.54) is 70.9 Å². The second kappa shape index (κ2) is 6.61. The van der Waals surface area contributed by atoms with Crippen molar-refractivity contribution in [3.63, 3.8) is 0 Å². The molecule has 0 bridgehead atoms. The van der Waals surface area contributed by atoms with Gasteiger partial charge in [-0.05, 0) is 51.2 Å². The molecule has 2 rings (SSSR count). The minimum absolute atomic E-state index is 0.785. The van der Waals surface area contributed by atoms with E-state index in [1.807, 2.05) is 0 Å². The summed E-state index contributed by atoms with van der Waals surface area (Å²) in [7, 11) is 0. The van der Waals surface area contributed by atoms with Gasteiger partial charge in [0.15, 0.2) is 0 Å². The van der Waals surface area contributed by atoms with Gasteiger partial charge < -0.3 is 10.6 Å². The lowest BCUT2D eigenvalue weighted by Crippen LogP contribution is -2.46. The molecule has 2 nitrogen and oxygen atoms in total. The molecule has 2 heteroatoms. The van der Waals surface area contributed by atoms with E-state index in [1.54, 1.807) is 0 Å². The van der Waals surface area contributed by atoms with Gasteiger partial charge in [0.2, 0.25) is 0 Å². The first-order valence-electron chi connectivity index (χ1n) is 7.36. The van der Waals surface area contributed by atoms with E-state index in [0.717, 1.165) is 18.5 Å². The topological polar surface area (TPSA) is 29.3 Å². The summed E-state index contributed by atoms with van der Waals surface area (Å²) in [4.78, 5) is 2.77. The van der Waals surface area contributed by atoms with E-state index in [4.69, 9.17) is 5.73 Å². The molecule has 0 radical (unpaired) electrons. The second-order valence-corrected chi connectivity index (χ2v) is 5.65. The Bertz CT molecular complexity index is 185. The summed E-state index contributed by atoms with van der Waals surface area (Å²) < 4.78 is 0. The molecular weight excluding hydrogens is 196 g/mol. The van der Waals surface area contributed by atoms with Crippen LogP contribution >= 0.6 is 0 Å². The van der Waals surface area contributed by atoms with Crippen molar-refractivity contribution in [1.82, 2.24) is 4.90 Å². The summed E-state index contributed by atoms with van der Waals surface area (Å²) in [6.07, 6.45) is 12.8. The number of nitrogens with zero attached hydrogens (tertiary/aromatic N) is 1. The fraction of sp³-hybridized carbons (Fsp3) is 1.00. The van der Waals surface area contributed by atoms with Gasteiger partial charge in [0.1, 0.15) is 0 Å². The molecule has 0 amide bonds. The molecule has 1 aliphatic carbocycles. The predicted octanol–water partition coefficient (Wildman–Crippen LogP) is 2.77. The first-order chi connectivity index (χ1) is 7.92. The van der Waals surface area contributed by atoms with Crippen LogP contribution in [0.1, 0.15) is 57.8 Å². The van der Waals surface area contributed by atoms with Gasteiger partial charge in [-0.15, -0.1) is 0 Å². The SMILES string of the molecule is NCC1CCCCC1N1CCCCCCC1. The van der Waals surface area contributed by atoms with Crippen LogP contribution in [0.15, 0.2) is 0 Å². The molecule has 0 aromatic rings. The molecule has 94 valence electrons. The fourth-order valence-corrected chi connectivity index (χ4v) is 3.55. The fourth-order valence-electron chi connectivity index (χ4n) is 3.55. The van der Waals surface area contributed by atoms with Crippen molar-refractivity contribution < 1.29 is 0 Å². The van der Waals surface area contributed by atoms with E-state index in [-0.39, 0.29) is 0 Å². The lowest BCUT2D eigenvalue weighted by Gasteiger charge is -2.40. The van der Waals surface area contributed by atoms with Crippen molar-refractivity contribution in [2.24, 2.45) is 11.7 Å². The number of nitrogens with two attached hydrogens (primary N) is 1. The van der Waals surface area contributed by atoms with Gasteiger partial charge in [0.25, 0.3) is 0 Å². The van der Waals surface area contributed by atoms with Crippen molar-refractivity contribution in [3.05, 3.63) is 0 Å². The Morgan fingerprint density at radius 1 is 0.812 bits per heavy atom. The molecule has 16 heavy (non-hydrogen) atoms. The third kappa shape index (κ3) is 3.21. The summed E-state index contributed by atoms with van der Waals surface area (Å²) in [6.45, 7) is 3.57. The molecule has 2 N–H and O–H groups in total. The molecule has 2 fully saturated rings. The third-order valence-electron chi connectivity index (χ3n) is 4.53. The highest BCUT2D eigenvalue weighted by atomic mass is 15.2. The Balaban J connectivity index is 1.90. The van der Waals surface area contributed by atoms with Crippen molar-refractivity contribution in [2.45, 2.75) is 63.8 Å². The molecule has 1 saturated heterocycles. The minimum atomic E-state index is 0.785. The highest BCUT2D eigenvalue weighted by Crippen LogP contribution is 2.29. The van der Waals surface area contributed by atoms with E-state index >= 15 is 0 Å². The predicted molar refractivity (Wildman–Crippen MR) is 69.5 cm³/mol. The Hall–Kier alpha value is -0.0800. The van der Waals surface area contributed by atoms with E-state index in [9.17, 15) is 0 Å². The molecule has 0 spiro atoms. The summed E-state index contributed by atoms with van der Waals surface area (Å²) in [5.41, 5.74) is 5.94. The van der Waals surface area contributed by atoms with Crippen LogP contribution in [0, 0.1) is 5.92 Å². The van der Waals surface area contributed by atoms with Crippen LogP contribution in [0.4, 0.5) is 0 Å². The van der Waals surface area contributed by atoms with Crippen LogP contribution in [-0.2, 0) is 0 Å². The summed E-state index contributed by atoms with van der Waals surface area (Å²) in [6, 6.07) is 0.817. The zero-order valence-electron chi connectivity index (χ0n) is 10.7. The minimum Gasteiger partial charge on any atom is -0.330 e. The van der Waals surface area contributed by atoms with Gasteiger partial charge in [0.05, 0.1) is 0 Å². The van der Waals surface area contributed by atoms with E-state index in [0.29, 0.717) is 0 Å². The molecule has 1 heterocycles. The molecule has 2 atom stereocenters. The third-order valence-corrected chi connectivity index (χ3v) is 4.53. The first-order valence-corrected chi connectivity index (χ1v) is 7.36. The zero-order valence-corrected chi connectivity index (χ0v) is 10.7. The molecule has 1 saturated carbocycles. The van der Waals surface area contributed by atoms with Crippen LogP contribution in [0.25, 0.3) is 0 Å². The normalized spacial score (nSPS) is 34.3. The summed E-state index contributed by atoms with van der Waals surface area (Å²) in [5.74, 6) is 0.785.